The van der Waals surface area contributed by atoms with E-state index in [4.69, 9.17) is 14.2 Å². The van der Waals surface area contributed by atoms with Crippen LogP contribution in [0.5, 0.6) is 0 Å². The lowest BCUT2D eigenvalue weighted by atomic mass is 10.1. The van der Waals surface area contributed by atoms with Crippen molar-refractivity contribution in [2.24, 2.45) is 0 Å². The first-order valence-electron chi connectivity index (χ1n) is 15.3. The van der Waals surface area contributed by atoms with Crippen LogP contribution in [0.25, 0.3) is 0 Å². The Bertz CT molecular complexity index is 431. The van der Waals surface area contributed by atoms with Gasteiger partial charge in [0, 0.05) is 26.1 Å². The van der Waals surface area contributed by atoms with Gasteiger partial charge in [-0.1, -0.05) is 84.5 Å². The number of unbranched alkanes of at least 4 members (excludes halogenated alkanes) is 12. The number of ether oxygens (including phenoxy) is 3. The summed E-state index contributed by atoms with van der Waals surface area (Å²) in [6.07, 6.45) is 20.1. The van der Waals surface area contributed by atoms with E-state index in [2.05, 4.69) is 38.2 Å². The summed E-state index contributed by atoms with van der Waals surface area (Å²) >= 11 is 0. The SMILES string of the molecule is CCCCCCCCOC(CCOC(=O)CCCCCNCCCN(C)C)OCCCCCCCC. The van der Waals surface area contributed by atoms with Crippen molar-refractivity contribution >= 4 is 5.97 Å². The van der Waals surface area contributed by atoms with Crippen molar-refractivity contribution in [3.8, 4) is 0 Å². The Balaban J connectivity index is 3.92. The number of nitrogens with zero attached hydrogens (tertiary/aromatic N) is 1. The van der Waals surface area contributed by atoms with Gasteiger partial charge in [0.2, 0.25) is 0 Å². The lowest BCUT2D eigenvalue weighted by Gasteiger charge is -2.19. The van der Waals surface area contributed by atoms with E-state index in [1.165, 1.54) is 70.6 Å². The third kappa shape index (κ3) is 27.9. The second-order valence-electron chi connectivity index (χ2n) is 10.4. The summed E-state index contributed by atoms with van der Waals surface area (Å²) in [6, 6.07) is 0. The highest BCUT2D eigenvalue weighted by molar-refractivity contribution is 5.69. The minimum absolute atomic E-state index is 0.0976. The van der Waals surface area contributed by atoms with Crippen molar-refractivity contribution in [3.63, 3.8) is 0 Å². The Morgan fingerprint density at radius 1 is 0.667 bits per heavy atom. The lowest BCUT2D eigenvalue weighted by Crippen LogP contribution is -2.22. The first-order chi connectivity index (χ1) is 17.6. The van der Waals surface area contributed by atoms with Gasteiger partial charge >= 0.3 is 5.97 Å². The molecule has 36 heavy (non-hydrogen) atoms. The average molecular weight is 515 g/mol. The number of nitrogens with one attached hydrogen (secondary N) is 1. The van der Waals surface area contributed by atoms with E-state index in [1.807, 2.05) is 0 Å². The van der Waals surface area contributed by atoms with Gasteiger partial charge in [-0.05, 0) is 65.8 Å². The van der Waals surface area contributed by atoms with E-state index in [9.17, 15) is 4.79 Å². The normalized spacial score (nSPS) is 11.6. The van der Waals surface area contributed by atoms with E-state index in [0.717, 1.165) is 65.0 Å². The van der Waals surface area contributed by atoms with Crippen molar-refractivity contribution in [2.75, 3.05) is 53.6 Å². The highest BCUT2D eigenvalue weighted by Gasteiger charge is 2.11. The van der Waals surface area contributed by atoms with Crippen LogP contribution in [0.3, 0.4) is 0 Å². The van der Waals surface area contributed by atoms with Crippen molar-refractivity contribution in [1.29, 1.82) is 0 Å². The fourth-order valence-electron chi connectivity index (χ4n) is 4.09. The molecule has 0 aliphatic rings. The molecule has 0 aromatic heterocycles. The van der Waals surface area contributed by atoms with Crippen LogP contribution in [-0.4, -0.2) is 70.7 Å². The van der Waals surface area contributed by atoms with Gasteiger partial charge in [0.15, 0.2) is 6.29 Å². The quantitative estimate of drug-likeness (QED) is 0.0652. The number of rotatable bonds is 29. The maximum atomic E-state index is 12.1. The van der Waals surface area contributed by atoms with Crippen LogP contribution in [0.1, 0.15) is 129 Å². The molecule has 0 fully saturated rings. The average Bonchev–Trinajstić information content (AvgIpc) is 2.86. The Morgan fingerprint density at radius 3 is 1.78 bits per heavy atom. The minimum atomic E-state index is -0.261. The van der Waals surface area contributed by atoms with Crippen LogP contribution in [-0.2, 0) is 19.0 Å². The molecule has 0 radical (unpaired) electrons. The fraction of sp³-hybridized carbons (Fsp3) is 0.967. The van der Waals surface area contributed by atoms with Crippen LogP contribution in [0.15, 0.2) is 0 Å². The summed E-state index contributed by atoms with van der Waals surface area (Å²) in [5.74, 6) is -0.0976. The summed E-state index contributed by atoms with van der Waals surface area (Å²) in [5, 5.41) is 3.47. The Kier molecular flexibility index (Phi) is 28.3. The molecular formula is C30H62N2O4. The number of hydrogen-bond donors (Lipinski definition) is 1. The number of hydrogen-bond acceptors (Lipinski definition) is 6. The fourth-order valence-corrected chi connectivity index (χ4v) is 4.09. The molecule has 0 rings (SSSR count). The summed E-state index contributed by atoms with van der Waals surface area (Å²) in [5.41, 5.74) is 0. The van der Waals surface area contributed by atoms with Gasteiger partial charge in [-0.2, -0.15) is 0 Å². The summed E-state index contributed by atoms with van der Waals surface area (Å²) in [7, 11) is 4.21. The topological polar surface area (TPSA) is 60.0 Å². The highest BCUT2D eigenvalue weighted by atomic mass is 16.7. The van der Waals surface area contributed by atoms with Crippen molar-refractivity contribution < 1.29 is 19.0 Å². The predicted octanol–water partition coefficient (Wildman–Crippen LogP) is 7.10. The standard InChI is InChI=1S/C30H62N2O4/c1-5-7-9-11-13-18-26-35-30(36-27-19-14-12-10-8-6-2)22-28-34-29(33)21-16-15-17-23-31-24-20-25-32(3)4/h30-31H,5-28H2,1-4H3. The van der Waals surface area contributed by atoms with E-state index in [1.54, 1.807) is 0 Å². The first-order valence-corrected chi connectivity index (χ1v) is 15.3. The van der Waals surface area contributed by atoms with Gasteiger partial charge in [0.1, 0.15) is 0 Å². The van der Waals surface area contributed by atoms with Crippen LogP contribution in [0, 0.1) is 0 Å². The molecule has 0 saturated carbocycles. The van der Waals surface area contributed by atoms with E-state index >= 15 is 0 Å². The predicted molar refractivity (Wildman–Crippen MR) is 153 cm³/mol. The molecule has 0 heterocycles. The highest BCUT2D eigenvalue weighted by Crippen LogP contribution is 2.11. The molecule has 0 aromatic carbocycles. The monoisotopic (exact) mass is 514 g/mol. The molecule has 0 unspecified atom stereocenters. The molecule has 6 heteroatoms. The largest absolute Gasteiger partial charge is 0.465 e. The second-order valence-corrected chi connectivity index (χ2v) is 10.4. The molecule has 0 amide bonds. The molecule has 6 nitrogen and oxygen atoms in total. The van der Waals surface area contributed by atoms with Gasteiger partial charge in [-0.15, -0.1) is 0 Å². The van der Waals surface area contributed by atoms with Gasteiger partial charge in [0.25, 0.3) is 0 Å². The maximum absolute atomic E-state index is 12.1. The van der Waals surface area contributed by atoms with E-state index < -0.39 is 0 Å². The van der Waals surface area contributed by atoms with Crippen molar-refractivity contribution in [3.05, 3.63) is 0 Å². The van der Waals surface area contributed by atoms with Crippen LogP contribution >= 0.6 is 0 Å². The van der Waals surface area contributed by atoms with Gasteiger partial charge < -0.3 is 24.4 Å². The lowest BCUT2D eigenvalue weighted by molar-refractivity contribution is -0.161. The molecule has 0 bridgehead atoms. The second kappa shape index (κ2) is 28.9. The Hall–Kier alpha value is -0.690. The molecule has 0 atom stereocenters. The zero-order valence-electron chi connectivity index (χ0n) is 24.6. The van der Waals surface area contributed by atoms with Crippen LogP contribution < -0.4 is 5.32 Å². The van der Waals surface area contributed by atoms with Crippen molar-refractivity contribution in [1.82, 2.24) is 10.2 Å². The van der Waals surface area contributed by atoms with E-state index in [-0.39, 0.29) is 12.3 Å². The molecule has 216 valence electrons. The Labute approximate surface area is 224 Å². The van der Waals surface area contributed by atoms with Gasteiger partial charge in [-0.3, -0.25) is 4.79 Å². The van der Waals surface area contributed by atoms with Gasteiger partial charge in [-0.25, -0.2) is 0 Å². The van der Waals surface area contributed by atoms with E-state index in [0.29, 0.717) is 19.4 Å². The molecule has 0 aliphatic heterocycles. The number of carbonyl (C=O) groups is 1. The molecule has 0 saturated heterocycles. The molecule has 0 spiro atoms. The molecule has 0 aliphatic carbocycles. The third-order valence-electron chi connectivity index (χ3n) is 6.41. The number of esters is 1. The molecule has 1 N–H and O–H groups in total. The third-order valence-corrected chi connectivity index (χ3v) is 6.41. The number of carbonyl (C=O) groups excluding carboxylic acids is 1. The minimum Gasteiger partial charge on any atom is -0.465 e. The van der Waals surface area contributed by atoms with Crippen LogP contribution in [0.4, 0.5) is 0 Å². The smallest absolute Gasteiger partial charge is 0.305 e. The maximum Gasteiger partial charge on any atom is 0.305 e. The Morgan fingerprint density at radius 2 is 1.19 bits per heavy atom. The molecular weight excluding hydrogens is 452 g/mol. The zero-order valence-corrected chi connectivity index (χ0v) is 24.6. The zero-order chi connectivity index (χ0) is 26.5. The molecule has 0 aromatic rings. The summed E-state index contributed by atoms with van der Waals surface area (Å²) < 4.78 is 17.5. The van der Waals surface area contributed by atoms with Gasteiger partial charge in [0.05, 0.1) is 6.61 Å². The van der Waals surface area contributed by atoms with Crippen molar-refractivity contribution in [2.45, 2.75) is 136 Å². The summed E-state index contributed by atoms with van der Waals surface area (Å²) in [6.45, 7) is 9.52. The van der Waals surface area contributed by atoms with Crippen LogP contribution in [0.2, 0.25) is 0 Å². The summed E-state index contributed by atoms with van der Waals surface area (Å²) in [4.78, 5) is 14.3. The first kappa shape index (κ1) is 35.3.